The van der Waals surface area contributed by atoms with Crippen molar-refractivity contribution >= 4 is 27.6 Å². The standard InChI is InChI=1S/C18H18BrNO5/c1-11(2)15-9-16(19)12(3)8-17(15)24-10-18(21)25-14-6-4-13(5-7-14)20(22)23/h4-9,11H,10H2,1-3H3. The highest BCUT2D eigenvalue weighted by atomic mass is 79.9. The molecule has 6 nitrogen and oxygen atoms in total. The Labute approximate surface area is 154 Å². The van der Waals surface area contributed by atoms with Crippen molar-refractivity contribution in [3.8, 4) is 11.5 Å². The van der Waals surface area contributed by atoms with Crippen LogP contribution < -0.4 is 9.47 Å². The van der Waals surface area contributed by atoms with Gasteiger partial charge >= 0.3 is 5.97 Å². The molecule has 132 valence electrons. The number of carbonyl (C=O) groups excluding carboxylic acids is 1. The number of nitrogens with zero attached hydrogens (tertiary/aromatic N) is 1. The van der Waals surface area contributed by atoms with E-state index < -0.39 is 10.9 Å². The lowest BCUT2D eigenvalue weighted by Gasteiger charge is -2.15. The molecule has 0 spiro atoms. The zero-order chi connectivity index (χ0) is 18.6. The number of carbonyl (C=O) groups is 1. The van der Waals surface area contributed by atoms with E-state index >= 15 is 0 Å². The Bertz CT molecular complexity index is 787. The van der Waals surface area contributed by atoms with Gasteiger partial charge in [-0.25, -0.2) is 4.79 Å². The number of ether oxygens (including phenoxy) is 2. The van der Waals surface area contributed by atoms with E-state index in [1.165, 1.54) is 24.3 Å². The highest BCUT2D eigenvalue weighted by Crippen LogP contribution is 2.32. The molecule has 0 saturated heterocycles. The lowest BCUT2D eigenvalue weighted by molar-refractivity contribution is -0.384. The highest BCUT2D eigenvalue weighted by molar-refractivity contribution is 9.10. The summed E-state index contributed by atoms with van der Waals surface area (Å²) in [6, 6.07) is 9.16. The van der Waals surface area contributed by atoms with Crippen molar-refractivity contribution in [2.75, 3.05) is 6.61 Å². The topological polar surface area (TPSA) is 78.7 Å². The first-order chi connectivity index (χ1) is 11.8. The van der Waals surface area contributed by atoms with E-state index in [4.69, 9.17) is 9.47 Å². The maximum atomic E-state index is 11.9. The summed E-state index contributed by atoms with van der Waals surface area (Å²) in [7, 11) is 0. The maximum Gasteiger partial charge on any atom is 0.349 e. The predicted octanol–water partition coefficient (Wildman–Crippen LogP) is 4.77. The van der Waals surface area contributed by atoms with Crippen molar-refractivity contribution in [1.82, 2.24) is 0 Å². The van der Waals surface area contributed by atoms with Crippen LogP contribution in [0, 0.1) is 17.0 Å². The average Bonchev–Trinajstić information content (AvgIpc) is 2.55. The average molecular weight is 408 g/mol. The number of halogens is 1. The number of benzene rings is 2. The monoisotopic (exact) mass is 407 g/mol. The Morgan fingerprint density at radius 2 is 1.88 bits per heavy atom. The second-order valence-electron chi connectivity index (χ2n) is 5.81. The van der Waals surface area contributed by atoms with E-state index in [0.29, 0.717) is 5.75 Å². The highest BCUT2D eigenvalue weighted by Gasteiger charge is 2.14. The summed E-state index contributed by atoms with van der Waals surface area (Å²) >= 11 is 3.49. The normalized spacial score (nSPS) is 10.6. The summed E-state index contributed by atoms with van der Waals surface area (Å²) in [5, 5.41) is 10.6. The van der Waals surface area contributed by atoms with Gasteiger partial charge in [0.05, 0.1) is 4.92 Å². The molecule has 0 N–H and O–H groups in total. The first kappa shape index (κ1) is 18.9. The van der Waals surface area contributed by atoms with Crippen LogP contribution in [0.15, 0.2) is 40.9 Å². The predicted molar refractivity (Wildman–Crippen MR) is 97.2 cm³/mol. The van der Waals surface area contributed by atoms with Crippen LogP contribution in [0.3, 0.4) is 0 Å². The molecule has 0 radical (unpaired) electrons. The number of hydrogen-bond donors (Lipinski definition) is 0. The number of hydrogen-bond acceptors (Lipinski definition) is 5. The smallest absolute Gasteiger partial charge is 0.349 e. The van der Waals surface area contributed by atoms with Gasteiger partial charge in [-0.15, -0.1) is 0 Å². The van der Waals surface area contributed by atoms with Crippen LogP contribution in [0.1, 0.15) is 30.9 Å². The second-order valence-corrected chi connectivity index (χ2v) is 6.66. The molecule has 25 heavy (non-hydrogen) atoms. The Hall–Kier alpha value is -2.41. The van der Waals surface area contributed by atoms with Gasteiger partial charge < -0.3 is 9.47 Å². The van der Waals surface area contributed by atoms with E-state index in [-0.39, 0.29) is 24.0 Å². The quantitative estimate of drug-likeness (QED) is 0.298. The summed E-state index contributed by atoms with van der Waals surface area (Å²) in [4.78, 5) is 22.0. The first-order valence-corrected chi connectivity index (χ1v) is 8.45. The molecule has 2 aromatic rings. The van der Waals surface area contributed by atoms with E-state index in [1.807, 2.05) is 32.9 Å². The number of rotatable bonds is 6. The van der Waals surface area contributed by atoms with Crippen molar-refractivity contribution in [2.45, 2.75) is 26.7 Å². The van der Waals surface area contributed by atoms with E-state index in [0.717, 1.165) is 15.6 Å². The molecule has 0 aromatic heterocycles. The zero-order valence-corrected chi connectivity index (χ0v) is 15.7. The van der Waals surface area contributed by atoms with Gasteiger partial charge in [0.15, 0.2) is 6.61 Å². The number of nitro groups is 1. The van der Waals surface area contributed by atoms with E-state index in [1.54, 1.807) is 0 Å². The fourth-order valence-electron chi connectivity index (χ4n) is 2.18. The molecule has 0 amide bonds. The van der Waals surface area contributed by atoms with E-state index in [9.17, 15) is 14.9 Å². The minimum Gasteiger partial charge on any atom is -0.482 e. The molecule has 2 rings (SSSR count). The van der Waals surface area contributed by atoms with Gasteiger partial charge in [0.25, 0.3) is 5.69 Å². The van der Waals surface area contributed by atoms with Gasteiger partial charge in [0.1, 0.15) is 11.5 Å². The van der Waals surface area contributed by atoms with Crippen LogP contribution in [0.5, 0.6) is 11.5 Å². The van der Waals surface area contributed by atoms with Gasteiger partial charge in [-0.05, 0) is 48.2 Å². The Morgan fingerprint density at radius 3 is 2.44 bits per heavy atom. The van der Waals surface area contributed by atoms with Crippen molar-refractivity contribution < 1.29 is 19.2 Å². The molecule has 0 saturated carbocycles. The van der Waals surface area contributed by atoms with Gasteiger partial charge in [-0.1, -0.05) is 29.8 Å². The Balaban J connectivity index is 2.02. The van der Waals surface area contributed by atoms with Crippen LogP contribution in [0.25, 0.3) is 0 Å². The van der Waals surface area contributed by atoms with Crippen LogP contribution in [-0.4, -0.2) is 17.5 Å². The van der Waals surface area contributed by atoms with Crippen molar-refractivity contribution in [3.63, 3.8) is 0 Å². The van der Waals surface area contributed by atoms with Gasteiger partial charge in [-0.2, -0.15) is 0 Å². The lowest BCUT2D eigenvalue weighted by atomic mass is 10.0. The molecule has 0 unspecified atom stereocenters. The second kappa shape index (κ2) is 8.11. The maximum absolute atomic E-state index is 11.9. The first-order valence-electron chi connectivity index (χ1n) is 7.66. The molecule has 0 heterocycles. The molecule has 0 bridgehead atoms. The number of nitro benzene ring substituents is 1. The third kappa shape index (κ3) is 5.03. The third-order valence-corrected chi connectivity index (χ3v) is 4.39. The van der Waals surface area contributed by atoms with Gasteiger partial charge in [-0.3, -0.25) is 10.1 Å². The van der Waals surface area contributed by atoms with Crippen LogP contribution >= 0.6 is 15.9 Å². The van der Waals surface area contributed by atoms with E-state index in [2.05, 4.69) is 15.9 Å². The number of aryl methyl sites for hydroxylation is 1. The molecule has 0 atom stereocenters. The third-order valence-electron chi connectivity index (χ3n) is 3.54. The minimum atomic E-state index is -0.580. The Kier molecular flexibility index (Phi) is 6.14. The summed E-state index contributed by atoms with van der Waals surface area (Å²) in [6.45, 7) is 5.77. The number of esters is 1. The molecule has 0 aliphatic heterocycles. The van der Waals surface area contributed by atoms with Crippen LogP contribution in [0.4, 0.5) is 5.69 Å². The summed E-state index contributed by atoms with van der Waals surface area (Å²) < 4.78 is 11.7. The van der Waals surface area contributed by atoms with Crippen molar-refractivity contribution in [3.05, 3.63) is 62.1 Å². The van der Waals surface area contributed by atoms with Crippen LogP contribution in [-0.2, 0) is 4.79 Å². The number of non-ortho nitro benzene ring substituents is 1. The van der Waals surface area contributed by atoms with Crippen molar-refractivity contribution in [1.29, 1.82) is 0 Å². The molecule has 0 aliphatic rings. The fourth-order valence-corrected chi connectivity index (χ4v) is 2.54. The molecule has 0 fully saturated rings. The molecule has 0 aliphatic carbocycles. The molecule has 2 aromatic carbocycles. The van der Waals surface area contributed by atoms with Crippen LogP contribution in [0.2, 0.25) is 0 Å². The SMILES string of the molecule is Cc1cc(OCC(=O)Oc2ccc([N+](=O)[O-])cc2)c(C(C)C)cc1Br. The fraction of sp³-hybridized carbons (Fsp3) is 0.278. The summed E-state index contributed by atoms with van der Waals surface area (Å²) in [5.41, 5.74) is 1.92. The summed E-state index contributed by atoms with van der Waals surface area (Å²) in [6.07, 6.45) is 0. The zero-order valence-electron chi connectivity index (χ0n) is 14.1. The Morgan fingerprint density at radius 1 is 1.24 bits per heavy atom. The van der Waals surface area contributed by atoms with Gasteiger partial charge in [0.2, 0.25) is 0 Å². The molecular formula is C18H18BrNO5. The summed E-state index contributed by atoms with van der Waals surface area (Å²) in [5.74, 6) is 0.522. The van der Waals surface area contributed by atoms with Gasteiger partial charge in [0, 0.05) is 16.6 Å². The minimum absolute atomic E-state index is 0.0667. The lowest BCUT2D eigenvalue weighted by Crippen LogP contribution is -2.18. The largest absolute Gasteiger partial charge is 0.482 e. The van der Waals surface area contributed by atoms with Crippen molar-refractivity contribution in [2.24, 2.45) is 0 Å². The molecular weight excluding hydrogens is 390 g/mol. The molecule has 7 heteroatoms.